The Balaban J connectivity index is 2.99. The fourth-order valence-electron chi connectivity index (χ4n) is 0.0456. The third-order valence-corrected chi connectivity index (χ3v) is 1.88. The highest BCUT2D eigenvalue weighted by Crippen LogP contribution is 1.92. The van der Waals surface area contributed by atoms with Crippen molar-refractivity contribution in [2.24, 2.45) is 0 Å². The van der Waals surface area contributed by atoms with Crippen LogP contribution in [0.3, 0.4) is 0 Å². The summed E-state index contributed by atoms with van der Waals surface area (Å²) in [6.45, 7) is 0. The summed E-state index contributed by atoms with van der Waals surface area (Å²) < 4.78 is 3.21. The smallest absolute Gasteiger partial charge is 0.143 e. The number of hydrogen-bond acceptors (Lipinski definition) is 3. The molecule has 0 bridgehead atoms. The van der Waals surface area contributed by atoms with Crippen LogP contribution in [0.2, 0.25) is 0 Å². The van der Waals surface area contributed by atoms with Crippen LogP contribution in [-0.2, 0) is 0 Å². The minimum atomic E-state index is 0.707. The molecule has 1 N–H and O–H groups in total. The molecule has 4 heteroatoms. The number of thiol groups is 1. The van der Waals surface area contributed by atoms with Gasteiger partial charge in [0.25, 0.3) is 0 Å². The molecule has 0 aromatic heterocycles. The molecule has 36 valence electrons. The second-order valence-electron chi connectivity index (χ2n) is 0.603. The van der Waals surface area contributed by atoms with Gasteiger partial charge in [0.15, 0.2) is 0 Å². The summed E-state index contributed by atoms with van der Waals surface area (Å²) in [6.07, 6.45) is 1.89. The van der Waals surface area contributed by atoms with Gasteiger partial charge in [-0.05, 0) is 6.26 Å². The first kappa shape index (κ1) is 6.59. The van der Waals surface area contributed by atoms with Crippen LogP contribution in [0.4, 0.5) is 0 Å². The van der Waals surface area contributed by atoms with Crippen LogP contribution in [0, 0.1) is 0 Å². The first-order chi connectivity index (χ1) is 2.81. The maximum Gasteiger partial charge on any atom is 0.143 e. The van der Waals surface area contributed by atoms with E-state index < -0.39 is 0 Å². The second kappa shape index (κ2) is 3.77. The van der Waals surface area contributed by atoms with Gasteiger partial charge < -0.3 is 4.72 Å². The van der Waals surface area contributed by atoms with Crippen LogP contribution in [0.25, 0.3) is 0 Å². The highest BCUT2D eigenvalue weighted by molar-refractivity contribution is 8.23. The maximum absolute atomic E-state index is 4.63. The van der Waals surface area contributed by atoms with Gasteiger partial charge in [-0.15, -0.1) is 0 Å². The number of rotatable bonds is 0. The summed E-state index contributed by atoms with van der Waals surface area (Å²) in [7, 11) is 0. The lowest BCUT2D eigenvalue weighted by Gasteiger charge is -1.89. The van der Waals surface area contributed by atoms with Gasteiger partial charge in [-0.1, -0.05) is 36.8 Å². The third-order valence-electron chi connectivity index (χ3n) is 0.277. The largest absolute Gasteiger partial charge is 0.318 e. The SMILES string of the molecule is CSC(=S)NS. The molecule has 0 aliphatic heterocycles. The molecule has 0 atom stereocenters. The zero-order chi connectivity index (χ0) is 4.99. The summed E-state index contributed by atoms with van der Waals surface area (Å²) in [5, 5.41) is 0. The van der Waals surface area contributed by atoms with Crippen LogP contribution < -0.4 is 4.72 Å². The Morgan fingerprint density at radius 3 is 2.50 bits per heavy atom. The van der Waals surface area contributed by atoms with Crippen LogP contribution in [0.1, 0.15) is 0 Å². The van der Waals surface area contributed by atoms with E-state index in [4.69, 9.17) is 0 Å². The van der Waals surface area contributed by atoms with E-state index in [9.17, 15) is 0 Å². The lowest BCUT2D eigenvalue weighted by Crippen LogP contribution is -2.01. The van der Waals surface area contributed by atoms with E-state index in [1.54, 1.807) is 0 Å². The van der Waals surface area contributed by atoms with E-state index in [0.717, 1.165) is 0 Å². The zero-order valence-electron chi connectivity index (χ0n) is 3.26. The quantitative estimate of drug-likeness (QED) is 0.385. The van der Waals surface area contributed by atoms with Gasteiger partial charge in [-0.3, -0.25) is 0 Å². The van der Waals surface area contributed by atoms with Gasteiger partial charge in [0, 0.05) is 0 Å². The second-order valence-corrected chi connectivity index (χ2v) is 2.31. The van der Waals surface area contributed by atoms with Crippen LogP contribution in [0.5, 0.6) is 0 Å². The summed E-state index contributed by atoms with van der Waals surface area (Å²) in [5.74, 6) is 0. The lowest BCUT2D eigenvalue weighted by molar-refractivity contribution is 1.68. The fraction of sp³-hybridized carbons (Fsp3) is 0.500. The maximum atomic E-state index is 4.63. The van der Waals surface area contributed by atoms with Gasteiger partial charge >= 0.3 is 0 Å². The highest BCUT2D eigenvalue weighted by atomic mass is 32.2. The Labute approximate surface area is 52.4 Å². The van der Waals surface area contributed by atoms with Crippen LogP contribution >= 0.6 is 36.8 Å². The zero-order valence-corrected chi connectivity index (χ0v) is 5.79. The number of nitrogens with one attached hydrogen (secondary N) is 1. The number of hydrogen-bond donors (Lipinski definition) is 2. The molecule has 0 spiro atoms. The molecule has 0 saturated heterocycles. The summed E-state index contributed by atoms with van der Waals surface area (Å²) >= 11 is 9.78. The number of thioether (sulfide) groups is 1. The van der Waals surface area contributed by atoms with E-state index in [1.807, 2.05) is 6.26 Å². The molecule has 1 nitrogen and oxygen atoms in total. The topological polar surface area (TPSA) is 12.0 Å². The van der Waals surface area contributed by atoms with Crippen molar-refractivity contribution in [3.8, 4) is 0 Å². The fourth-order valence-corrected chi connectivity index (χ4v) is 0.411. The Hall–Kier alpha value is 0.590. The summed E-state index contributed by atoms with van der Waals surface area (Å²) in [5.41, 5.74) is 0. The van der Waals surface area contributed by atoms with E-state index >= 15 is 0 Å². The third kappa shape index (κ3) is 2.81. The van der Waals surface area contributed by atoms with Crippen molar-refractivity contribution in [3.05, 3.63) is 0 Å². The van der Waals surface area contributed by atoms with Crippen molar-refractivity contribution in [3.63, 3.8) is 0 Å². The van der Waals surface area contributed by atoms with Crippen molar-refractivity contribution >= 4 is 41.1 Å². The Kier molecular flexibility index (Phi) is 4.14. The van der Waals surface area contributed by atoms with Crippen molar-refractivity contribution in [2.45, 2.75) is 0 Å². The Morgan fingerprint density at radius 1 is 2.00 bits per heavy atom. The molecule has 0 rings (SSSR count). The van der Waals surface area contributed by atoms with Gasteiger partial charge in [0.1, 0.15) is 4.32 Å². The standard InChI is InChI=1S/C2H5NS3/c1-6-2(4)3-5/h5H,1H3,(H,3,4). The molecule has 0 saturated carbocycles. The van der Waals surface area contributed by atoms with Crippen molar-refractivity contribution in [2.75, 3.05) is 6.26 Å². The predicted molar refractivity (Wildman–Crippen MR) is 38.2 cm³/mol. The van der Waals surface area contributed by atoms with Crippen LogP contribution in [-0.4, -0.2) is 10.6 Å². The summed E-state index contributed by atoms with van der Waals surface area (Å²) in [4.78, 5) is 0. The van der Waals surface area contributed by atoms with Crippen molar-refractivity contribution in [1.82, 2.24) is 4.72 Å². The normalized spacial score (nSPS) is 7.67. The molecule has 0 aliphatic carbocycles. The molecule has 0 unspecified atom stereocenters. The van der Waals surface area contributed by atoms with Crippen LogP contribution in [0.15, 0.2) is 0 Å². The van der Waals surface area contributed by atoms with Gasteiger partial charge in [0.2, 0.25) is 0 Å². The first-order valence-corrected chi connectivity index (χ1v) is 3.37. The highest BCUT2D eigenvalue weighted by Gasteiger charge is 1.80. The van der Waals surface area contributed by atoms with Gasteiger partial charge in [-0.2, -0.15) is 0 Å². The average molecular weight is 139 g/mol. The van der Waals surface area contributed by atoms with E-state index in [2.05, 4.69) is 29.8 Å². The van der Waals surface area contributed by atoms with E-state index in [1.165, 1.54) is 11.8 Å². The minimum Gasteiger partial charge on any atom is -0.318 e. The molecule has 0 fully saturated rings. The molecule has 0 amide bonds. The lowest BCUT2D eigenvalue weighted by atomic mass is 11.5. The molecule has 0 aromatic rings. The first-order valence-electron chi connectivity index (χ1n) is 1.29. The molecular formula is C2H5NS3. The van der Waals surface area contributed by atoms with Gasteiger partial charge in [-0.25, -0.2) is 0 Å². The van der Waals surface area contributed by atoms with Gasteiger partial charge in [0.05, 0.1) is 0 Å². The van der Waals surface area contributed by atoms with Crippen molar-refractivity contribution in [1.29, 1.82) is 0 Å². The Morgan fingerprint density at radius 2 is 2.50 bits per heavy atom. The molecule has 0 aliphatic rings. The average Bonchev–Trinajstić information content (AvgIpc) is 1.65. The molecule has 0 heterocycles. The molecule has 6 heavy (non-hydrogen) atoms. The van der Waals surface area contributed by atoms with E-state index in [-0.39, 0.29) is 0 Å². The number of thiocarbonyl (C=S) groups is 1. The molecular weight excluding hydrogens is 134 g/mol. The molecule has 0 radical (unpaired) electrons. The van der Waals surface area contributed by atoms with E-state index in [0.29, 0.717) is 4.32 Å². The minimum absolute atomic E-state index is 0.707. The molecule has 0 aromatic carbocycles. The summed E-state index contributed by atoms with van der Waals surface area (Å²) in [6, 6.07) is 0. The monoisotopic (exact) mass is 139 g/mol. The Bertz CT molecular complexity index is 46.8. The van der Waals surface area contributed by atoms with Crippen molar-refractivity contribution < 1.29 is 0 Å². The predicted octanol–water partition coefficient (Wildman–Crippen LogP) is 1.07.